The molecule has 1 aliphatic heterocycles. The molecule has 0 spiro atoms. The summed E-state index contributed by atoms with van der Waals surface area (Å²) in [6, 6.07) is 8.43. The lowest BCUT2D eigenvalue weighted by Crippen LogP contribution is -2.47. The fourth-order valence-electron chi connectivity index (χ4n) is 2.47. The highest BCUT2D eigenvalue weighted by molar-refractivity contribution is 5.24. The molecule has 2 rings (SSSR count). The second-order valence-corrected chi connectivity index (χ2v) is 5.15. The minimum atomic E-state index is -0.0229. The predicted octanol–water partition coefficient (Wildman–Crippen LogP) is 2.11. The molecule has 1 fully saturated rings. The van der Waals surface area contributed by atoms with Gasteiger partial charge in [0.1, 0.15) is 0 Å². The van der Waals surface area contributed by atoms with Crippen molar-refractivity contribution in [3.8, 4) is 0 Å². The van der Waals surface area contributed by atoms with Crippen molar-refractivity contribution in [1.29, 1.82) is 0 Å². The summed E-state index contributed by atoms with van der Waals surface area (Å²) in [5, 5.41) is 0. The molecule has 1 aromatic rings. The smallest absolute Gasteiger partial charge is 0.0894 e. The van der Waals surface area contributed by atoms with Crippen LogP contribution in [0.2, 0.25) is 0 Å². The van der Waals surface area contributed by atoms with Gasteiger partial charge in [-0.25, -0.2) is 0 Å². The van der Waals surface area contributed by atoms with Gasteiger partial charge in [-0.15, -0.1) is 0 Å². The molecule has 3 nitrogen and oxygen atoms in total. The van der Waals surface area contributed by atoms with E-state index in [4.69, 9.17) is 10.5 Å². The lowest BCUT2D eigenvalue weighted by Gasteiger charge is -2.35. The van der Waals surface area contributed by atoms with Crippen LogP contribution < -0.4 is 5.73 Å². The predicted molar refractivity (Wildman–Crippen MR) is 74.6 cm³/mol. The lowest BCUT2D eigenvalue weighted by atomic mass is 10.00. The Morgan fingerprint density at radius 3 is 2.78 bits per heavy atom. The molecule has 1 heterocycles. The molecule has 1 aliphatic rings. The Balaban J connectivity index is 1.99. The number of hydrogen-bond acceptors (Lipinski definition) is 3. The Labute approximate surface area is 110 Å². The minimum Gasteiger partial charge on any atom is -0.374 e. The molecule has 1 saturated heterocycles. The van der Waals surface area contributed by atoms with E-state index in [2.05, 4.69) is 43.0 Å². The van der Waals surface area contributed by atoms with Crippen molar-refractivity contribution in [3.63, 3.8) is 0 Å². The second kappa shape index (κ2) is 6.32. The Kier molecular flexibility index (Phi) is 4.75. The first-order valence-corrected chi connectivity index (χ1v) is 6.87. The standard InChI is InChI=1S/C15H24N2O/c1-3-8-17-9-10-18-14(11-17)15(16)13-6-4-12(2)5-7-13/h4-7,14-15H,3,8-11,16H2,1-2H3. The van der Waals surface area contributed by atoms with E-state index < -0.39 is 0 Å². The van der Waals surface area contributed by atoms with Gasteiger partial charge in [0, 0.05) is 13.1 Å². The van der Waals surface area contributed by atoms with E-state index in [1.54, 1.807) is 0 Å². The Hall–Kier alpha value is -0.900. The van der Waals surface area contributed by atoms with Crippen LogP contribution in [-0.2, 0) is 4.74 Å². The first kappa shape index (κ1) is 13.5. The summed E-state index contributed by atoms with van der Waals surface area (Å²) in [6.45, 7) is 8.22. The average Bonchev–Trinajstić information content (AvgIpc) is 2.39. The number of benzene rings is 1. The number of rotatable bonds is 4. The van der Waals surface area contributed by atoms with E-state index in [9.17, 15) is 0 Å². The van der Waals surface area contributed by atoms with Gasteiger partial charge >= 0.3 is 0 Å². The first-order valence-electron chi connectivity index (χ1n) is 6.87. The van der Waals surface area contributed by atoms with Gasteiger partial charge in [0.05, 0.1) is 18.8 Å². The molecule has 3 heteroatoms. The first-order chi connectivity index (χ1) is 8.70. The van der Waals surface area contributed by atoms with Gasteiger partial charge in [0.15, 0.2) is 0 Å². The molecule has 2 unspecified atom stereocenters. The summed E-state index contributed by atoms with van der Waals surface area (Å²) in [5.74, 6) is 0. The molecule has 2 atom stereocenters. The molecule has 0 amide bonds. The quantitative estimate of drug-likeness (QED) is 0.887. The summed E-state index contributed by atoms with van der Waals surface area (Å²) in [6.07, 6.45) is 1.31. The number of hydrogen-bond donors (Lipinski definition) is 1. The molecule has 18 heavy (non-hydrogen) atoms. The van der Waals surface area contributed by atoms with Crippen molar-refractivity contribution in [2.45, 2.75) is 32.4 Å². The molecule has 2 N–H and O–H groups in total. The Morgan fingerprint density at radius 1 is 1.39 bits per heavy atom. The molecular weight excluding hydrogens is 224 g/mol. The van der Waals surface area contributed by atoms with E-state index in [1.807, 2.05) is 0 Å². The number of ether oxygens (including phenoxy) is 1. The Bertz CT molecular complexity index is 361. The third-order valence-electron chi connectivity index (χ3n) is 3.58. The van der Waals surface area contributed by atoms with Gasteiger partial charge in [-0.2, -0.15) is 0 Å². The van der Waals surface area contributed by atoms with Crippen LogP contribution in [0.5, 0.6) is 0 Å². The van der Waals surface area contributed by atoms with Crippen molar-refractivity contribution in [1.82, 2.24) is 4.90 Å². The van der Waals surface area contributed by atoms with Crippen molar-refractivity contribution >= 4 is 0 Å². The van der Waals surface area contributed by atoms with Crippen LogP contribution in [0, 0.1) is 6.92 Å². The zero-order chi connectivity index (χ0) is 13.0. The van der Waals surface area contributed by atoms with Crippen molar-refractivity contribution < 1.29 is 4.74 Å². The summed E-state index contributed by atoms with van der Waals surface area (Å²) in [5.41, 5.74) is 8.76. The highest BCUT2D eigenvalue weighted by Gasteiger charge is 2.26. The maximum atomic E-state index is 6.33. The Morgan fingerprint density at radius 2 is 2.11 bits per heavy atom. The molecule has 1 aromatic carbocycles. The SMILES string of the molecule is CCCN1CCOC(C(N)c2ccc(C)cc2)C1. The van der Waals surface area contributed by atoms with Gasteiger partial charge in [-0.05, 0) is 25.5 Å². The van der Waals surface area contributed by atoms with Crippen LogP contribution in [0.15, 0.2) is 24.3 Å². The van der Waals surface area contributed by atoms with Crippen LogP contribution in [0.4, 0.5) is 0 Å². The van der Waals surface area contributed by atoms with Gasteiger partial charge in [-0.3, -0.25) is 4.90 Å². The average molecular weight is 248 g/mol. The van der Waals surface area contributed by atoms with Gasteiger partial charge in [0.2, 0.25) is 0 Å². The van der Waals surface area contributed by atoms with E-state index in [1.165, 1.54) is 17.5 Å². The van der Waals surface area contributed by atoms with Crippen molar-refractivity contribution in [2.75, 3.05) is 26.2 Å². The van der Waals surface area contributed by atoms with E-state index in [0.717, 1.165) is 26.2 Å². The topological polar surface area (TPSA) is 38.5 Å². The summed E-state index contributed by atoms with van der Waals surface area (Å²) < 4.78 is 5.83. The molecule has 0 bridgehead atoms. The highest BCUT2D eigenvalue weighted by Crippen LogP contribution is 2.20. The molecule has 0 aliphatic carbocycles. The van der Waals surface area contributed by atoms with E-state index in [-0.39, 0.29) is 12.1 Å². The third kappa shape index (κ3) is 3.31. The second-order valence-electron chi connectivity index (χ2n) is 5.15. The van der Waals surface area contributed by atoms with Crippen LogP contribution in [0.1, 0.15) is 30.5 Å². The van der Waals surface area contributed by atoms with Crippen molar-refractivity contribution in [3.05, 3.63) is 35.4 Å². The number of nitrogens with two attached hydrogens (primary N) is 1. The normalized spacial score (nSPS) is 22.9. The highest BCUT2D eigenvalue weighted by atomic mass is 16.5. The number of nitrogens with zero attached hydrogens (tertiary/aromatic N) is 1. The van der Waals surface area contributed by atoms with Crippen LogP contribution in [-0.4, -0.2) is 37.2 Å². The zero-order valence-electron chi connectivity index (χ0n) is 11.4. The fraction of sp³-hybridized carbons (Fsp3) is 0.600. The third-order valence-corrected chi connectivity index (χ3v) is 3.58. The zero-order valence-corrected chi connectivity index (χ0v) is 11.4. The number of morpholine rings is 1. The summed E-state index contributed by atoms with van der Waals surface area (Å²) >= 11 is 0. The van der Waals surface area contributed by atoms with Crippen molar-refractivity contribution in [2.24, 2.45) is 5.73 Å². The minimum absolute atomic E-state index is 0.0229. The maximum Gasteiger partial charge on any atom is 0.0894 e. The maximum absolute atomic E-state index is 6.33. The largest absolute Gasteiger partial charge is 0.374 e. The van der Waals surface area contributed by atoms with Gasteiger partial charge < -0.3 is 10.5 Å². The van der Waals surface area contributed by atoms with E-state index in [0.29, 0.717) is 0 Å². The van der Waals surface area contributed by atoms with Gasteiger partial charge in [-0.1, -0.05) is 36.8 Å². The van der Waals surface area contributed by atoms with Crippen LogP contribution in [0.25, 0.3) is 0 Å². The molecular formula is C15H24N2O. The fourth-order valence-corrected chi connectivity index (χ4v) is 2.47. The molecule has 100 valence electrons. The van der Waals surface area contributed by atoms with Crippen LogP contribution in [0.3, 0.4) is 0 Å². The molecule has 0 radical (unpaired) electrons. The number of aryl methyl sites for hydroxylation is 1. The lowest BCUT2D eigenvalue weighted by molar-refractivity contribution is -0.0407. The van der Waals surface area contributed by atoms with Gasteiger partial charge in [0.25, 0.3) is 0 Å². The monoisotopic (exact) mass is 248 g/mol. The van der Waals surface area contributed by atoms with Crippen LogP contribution >= 0.6 is 0 Å². The summed E-state index contributed by atoms with van der Waals surface area (Å²) in [7, 11) is 0. The summed E-state index contributed by atoms with van der Waals surface area (Å²) in [4.78, 5) is 2.45. The van der Waals surface area contributed by atoms with E-state index >= 15 is 0 Å². The molecule has 0 saturated carbocycles. The molecule has 0 aromatic heterocycles.